The molecule has 0 aliphatic rings. The van der Waals surface area contributed by atoms with Crippen molar-refractivity contribution in [2.24, 2.45) is 5.73 Å². The fourth-order valence-corrected chi connectivity index (χ4v) is 0.851. The van der Waals surface area contributed by atoms with E-state index in [4.69, 9.17) is 5.73 Å². The fourth-order valence-electron chi connectivity index (χ4n) is 0.851. The first-order chi connectivity index (χ1) is 5.70. The van der Waals surface area contributed by atoms with Gasteiger partial charge in [-0.1, -0.05) is 6.58 Å². The van der Waals surface area contributed by atoms with Gasteiger partial charge in [-0.2, -0.15) is 0 Å². The molecule has 0 spiro atoms. The van der Waals surface area contributed by atoms with E-state index in [1.165, 1.54) is 0 Å². The van der Waals surface area contributed by atoms with Gasteiger partial charge >= 0.3 is 0 Å². The lowest BCUT2D eigenvalue weighted by Gasteiger charge is -2.09. The van der Waals surface area contributed by atoms with Crippen molar-refractivity contribution in [3.8, 4) is 0 Å². The van der Waals surface area contributed by atoms with E-state index < -0.39 is 0 Å². The number of aldehydes is 1. The maximum absolute atomic E-state index is 10.3. The van der Waals surface area contributed by atoms with Crippen molar-refractivity contribution in [3.05, 3.63) is 12.4 Å². The van der Waals surface area contributed by atoms with Crippen LogP contribution in [-0.2, 0) is 4.79 Å². The summed E-state index contributed by atoms with van der Waals surface area (Å²) < 4.78 is 0. The average Bonchev–Trinajstić information content (AvgIpc) is 2.04. The Bertz CT molecular complexity index is 147. The van der Waals surface area contributed by atoms with E-state index in [1.54, 1.807) is 7.05 Å². The fraction of sp³-hybridized carbons (Fsp3) is 0.625. The highest BCUT2D eigenvalue weighted by molar-refractivity contribution is 5.57. The van der Waals surface area contributed by atoms with Crippen LogP contribution in [0.25, 0.3) is 0 Å². The SMILES string of the molecule is C=C(N)NCCCC(C=O)NC. The van der Waals surface area contributed by atoms with E-state index in [-0.39, 0.29) is 6.04 Å². The second-order valence-corrected chi connectivity index (χ2v) is 2.63. The van der Waals surface area contributed by atoms with E-state index in [2.05, 4.69) is 17.2 Å². The molecule has 0 aromatic rings. The molecule has 0 fully saturated rings. The van der Waals surface area contributed by atoms with Gasteiger partial charge in [-0.05, 0) is 19.9 Å². The van der Waals surface area contributed by atoms with Crippen molar-refractivity contribution in [2.75, 3.05) is 13.6 Å². The molecule has 4 heteroatoms. The molecule has 0 amide bonds. The van der Waals surface area contributed by atoms with Gasteiger partial charge in [0, 0.05) is 6.54 Å². The van der Waals surface area contributed by atoms with E-state index >= 15 is 0 Å². The molecular weight excluding hydrogens is 154 g/mol. The zero-order valence-corrected chi connectivity index (χ0v) is 7.47. The highest BCUT2D eigenvalue weighted by Gasteiger charge is 2.01. The van der Waals surface area contributed by atoms with Gasteiger partial charge in [0.15, 0.2) is 0 Å². The minimum atomic E-state index is -0.0437. The van der Waals surface area contributed by atoms with Crippen LogP contribution < -0.4 is 16.4 Å². The van der Waals surface area contributed by atoms with Crippen molar-refractivity contribution in [3.63, 3.8) is 0 Å². The van der Waals surface area contributed by atoms with Gasteiger partial charge in [-0.25, -0.2) is 0 Å². The normalized spacial score (nSPS) is 12.1. The average molecular weight is 171 g/mol. The first-order valence-corrected chi connectivity index (χ1v) is 4.01. The molecule has 0 aromatic carbocycles. The molecule has 70 valence electrons. The molecule has 0 rings (SSSR count). The topological polar surface area (TPSA) is 67.1 Å². The second-order valence-electron chi connectivity index (χ2n) is 2.63. The molecular formula is C8H17N3O. The molecule has 4 nitrogen and oxygen atoms in total. The van der Waals surface area contributed by atoms with Gasteiger partial charge in [-0.15, -0.1) is 0 Å². The van der Waals surface area contributed by atoms with Crippen LogP contribution in [0, 0.1) is 0 Å². The quantitative estimate of drug-likeness (QED) is 0.359. The summed E-state index contributed by atoms with van der Waals surface area (Å²) in [5, 5.41) is 5.78. The third-order valence-electron chi connectivity index (χ3n) is 1.58. The number of carbonyl (C=O) groups is 1. The number of nitrogens with two attached hydrogens (primary N) is 1. The summed E-state index contributed by atoms with van der Waals surface area (Å²) in [6, 6.07) is -0.0437. The van der Waals surface area contributed by atoms with Crippen molar-refractivity contribution in [2.45, 2.75) is 18.9 Å². The van der Waals surface area contributed by atoms with Gasteiger partial charge in [0.2, 0.25) is 0 Å². The predicted octanol–water partition coefficient (Wildman–Crippen LogP) is -0.427. The second kappa shape index (κ2) is 6.67. The molecule has 1 unspecified atom stereocenters. The monoisotopic (exact) mass is 171 g/mol. The minimum absolute atomic E-state index is 0.0437. The first kappa shape index (κ1) is 11.0. The Morgan fingerprint density at radius 2 is 2.42 bits per heavy atom. The summed E-state index contributed by atoms with van der Waals surface area (Å²) in [6.07, 6.45) is 2.64. The molecule has 12 heavy (non-hydrogen) atoms. The number of hydrogen-bond donors (Lipinski definition) is 3. The molecule has 0 aromatic heterocycles. The molecule has 0 aliphatic carbocycles. The van der Waals surface area contributed by atoms with Crippen LogP contribution in [0.15, 0.2) is 12.4 Å². The number of rotatable bonds is 7. The van der Waals surface area contributed by atoms with Gasteiger partial charge in [0.25, 0.3) is 0 Å². The Balaban J connectivity index is 3.29. The minimum Gasteiger partial charge on any atom is -0.386 e. The van der Waals surface area contributed by atoms with Gasteiger partial charge in [-0.3, -0.25) is 0 Å². The molecule has 0 heterocycles. The van der Waals surface area contributed by atoms with E-state index in [1.807, 2.05) is 0 Å². The van der Waals surface area contributed by atoms with Crippen LogP contribution in [0.5, 0.6) is 0 Å². The maximum Gasteiger partial charge on any atom is 0.136 e. The molecule has 0 radical (unpaired) electrons. The molecule has 0 saturated heterocycles. The number of carbonyl (C=O) groups excluding carboxylic acids is 1. The zero-order valence-electron chi connectivity index (χ0n) is 7.47. The van der Waals surface area contributed by atoms with Crippen LogP contribution in [0.4, 0.5) is 0 Å². The highest BCUT2D eigenvalue weighted by Crippen LogP contribution is 1.92. The number of likely N-dealkylation sites (N-methyl/N-ethyl adjacent to an activating group) is 1. The van der Waals surface area contributed by atoms with Crippen LogP contribution in [-0.4, -0.2) is 25.9 Å². The summed E-state index contributed by atoms with van der Waals surface area (Å²) in [7, 11) is 1.77. The number of nitrogens with one attached hydrogen (secondary N) is 2. The smallest absolute Gasteiger partial charge is 0.136 e. The van der Waals surface area contributed by atoms with Crippen molar-refractivity contribution in [1.82, 2.24) is 10.6 Å². The third-order valence-corrected chi connectivity index (χ3v) is 1.58. The summed E-state index contributed by atoms with van der Waals surface area (Å²) in [5.74, 6) is 0.474. The molecule has 0 saturated carbocycles. The van der Waals surface area contributed by atoms with Crippen molar-refractivity contribution < 1.29 is 4.79 Å². The van der Waals surface area contributed by atoms with Crippen molar-refractivity contribution >= 4 is 6.29 Å². The van der Waals surface area contributed by atoms with Gasteiger partial charge in [0.1, 0.15) is 6.29 Å². The summed E-state index contributed by atoms with van der Waals surface area (Å²) in [5.41, 5.74) is 5.28. The molecule has 1 atom stereocenters. The number of hydrogen-bond acceptors (Lipinski definition) is 4. The molecule has 0 aliphatic heterocycles. The summed E-state index contributed by atoms with van der Waals surface area (Å²) >= 11 is 0. The Hall–Kier alpha value is -1.03. The van der Waals surface area contributed by atoms with E-state index in [0.717, 1.165) is 25.7 Å². The molecule has 4 N–H and O–H groups in total. The Labute approximate surface area is 73.2 Å². The third kappa shape index (κ3) is 5.73. The Morgan fingerprint density at radius 3 is 2.83 bits per heavy atom. The van der Waals surface area contributed by atoms with Crippen molar-refractivity contribution in [1.29, 1.82) is 0 Å². The lowest BCUT2D eigenvalue weighted by atomic mass is 10.2. The van der Waals surface area contributed by atoms with Crippen LogP contribution in [0.2, 0.25) is 0 Å². The first-order valence-electron chi connectivity index (χ1n) is 4.01. The predicted molar refractivity (Wildman–Crippen MR) is 49.5 cm³/mol. The standard InChI is InChI=1S/C8H17N3O/c1-7(9)11-5-3-4-8(6-12)10-2/h6,8,10-11H,1,3-5,9H2,2H3. The lowest BCUT2D eigenvalue weighted by molar-refractivity contribution is -0.109. The largest absolute Gasteiger partial charge is 0.386 e. The zero-order chi connectivity index (χ0) is 9.40. The maximum atomic E-state index is 10.3. The Morgan fingerprint density at radius 1 is 1.75 bits per heavy atom. The Kier molecular flexibility index (Phi) is 6.09. The van der Waals surface area contributed by atoms with Crippen LogP contribution in [0.3, 0.4) is 0 Å². The lowest BCUT2D eigenvalue weighted by Crippen LogP contribution is -2.28. The van der Waals surface area contributed by atoms with E-state index in [0.29, 0.717) is 5.82 Å². The summed E-state index contributed by atoms with van der Waals surface area (Å²) in [4.78, 5) is 10.3. The van der Waals surface area contributed by atoms with Crippen LogP contribution in [0.1, 0.15) is 12.8 Å². The van der Waals surface area contributed by atoms with Gasteiger partial charge < -0.3 is 21.2 Å². The summed E-state index contributed by atoms with van der Waals surface area (Å²) in [6.45, 7) is 4.26. The highest BCUT2D eigenvalue weighted by atomic mass is 16.1. The molecule has 0 bridgehead atoms. The van der Waals surface area contributed by atoms with Crippen LogP contribution >= 0.6 is 0 Å². The van der Waals surface area contributed by atoms with Gasteiger partial charge in [0.05, 0.1) is 11.9 Å². The van der Waals surface area contributed by atoms with E-state index in [9.17, 15) is 4.79 Å².